The van der Waals surface area contributed by atoms with Gasteiger partial charge in [-0.15, -0.1) is 0 Å². The number of aromatic nitrogens is 2. The Morgan fingerprint density at radius 3 is 2.64 bits per heavy atom. The van der Waals surface area contributed by atoms with Crippen LogP contribution in [0.4, 0.5) is 16.3 Å². The minimum absolute atomic E-state index is 0.0281. The number of nitrogens with zero attached hydrogens (tertiary/aromatic N) is 6. The number of anilines is 1. The lowest BCUT2D eigenvalue weighted by Gasteiger charge is -2.41. The quantitative estimate of drug-likeness (QED) is 0.187. The van der Waals surface area contributed by atoms with Crippen LogP contribution in [-0.2, 0) is 32.5 Å². The molecule has 1 saturated heterocycles. The van der Waals surface area contributed by atoms with E-state index in [-0.39, 0.29) is 49.3 Å². The molecule has 42 heavy (non-hydrogen) atoms. The van der Waals surface area contributed by atoms with Crippen molar-refractivity contribution in [1.82, 2.24) is 14.9 Å². The SMILES string of the molecule is COC(=O)C1(Cc2nc(Cl)nc(N3CCN(C(=O)OC(C)(C)C)[C@@H](CC#N)C3)c2[N+](=O)[O-])CCCc2c(Cl)cccc21. The maximum absolute atomic E-state index is 13.4. The number of methoxy groups -OCH3 is 1. The van der Waals surface area contributed by atoms with Crippen molar-refractivity contribution in [1.29, 1.82) is 5.26 Å². The van der Waals surface area contributed by atoms with Crippen LogP contribution in [0.2, 0.25) is 10.3 Å². The zero-order chi connectivity index (χ0) is 30.8. The first-order valence-electron chi connectivity index (χ1n) is 13.5. The predicted molar refractivity (Wildman–Crippen MR) is 155 cm³/mol. The average Bonchev–Trinajstić information content (AvgIpc) is 2.91. The Labute approximate surface area is 253 Å². The van der Waals surface area contributed by atoms with Crippen LogP contribution in [0.1, 0.15) is 56.9 Å². The van der Waals surface area contributed by atoms with E-state index in [1.54, 1.807) is 43.9 Å². The van der Waals surface area contributed by atoms with Crippen LogP contribution in [-0.4, -0.2) is 70.2 Å². The normalized spacial score (nSPS) is 20.4. The second kappa shape index (κ2) is 12.3. The molecule has 0 N–H and O–H groups in total. The summed E-state index contributed by atoms with van der Waals surface area (Å²) in [6.07, 6.45) is 0.839. The van der Waals surface area contributed by atoms with Crippen molar-refractivity contribution in [2.45, 2.75) is 69.9 Å². The Hall–Kier alpha value is -3.69. The first kappa shape index (κ1) is 31.3. The monoisotopic (exact) mass is 618 g/mol. The van der Waals surface area contributed by atoms with Gasteiger partial charge in [0.1, 0.15) is 11.3 Å². The molecule has 1 unspecified atom stereocenters. The third-order valence-electron chi connectivity index (χ3n) is 7.54. The van der Waals surface area contributed by atoms with Gasteiger partial charge in [-0.3, -0.25) is 14.9 Å². The van der Waals surface area contributed by atoms with Gasteiger partial charge < -0.3 is 19.3 Å². The fourth-order valence-electron chi connectivity index (χ4n) is 5.79. The van der Waals surface area contributed by atoms with Crippen molar-refractivity contribution < 1.29 is 24.0 Å². The van der Waals surface area contributed by atoms with Gasteiger partial charge in [0, 0.05) is 31.1 Å². The van der Waals surface area contributed by atoms with Crippen molar-refractivity contribution in [3.8, 4) is 6.07 Å². The summed E-state index contributed by atoms with van der Waals surface area (Å²) in [5.74, 6) is -0.611. The van der Waals surface area contributed by atoms with E-state index in [0.717, 1.165) is 5.56 Å². The molecular weight excluding hydrogens is 587 g/mol. The first-order chi connectivity index (χ1) is 19.8. The molecule has 0 bridgehead atoms. The molecule has 1 aromatic carbocycles. The number of nitriles is 1. The van der Waals surface area contributed by atoms with Crippen molar-refractivity contribution in [2.75, 3.05) is 31.6 Å². The summed E-state index contributed by atoms with van der Waals surface area (Å²) in [6, 6.07) is 6.72. The number of benzene rings is 1. The molecule has 1 aliphatic carbocycles. The van der Waals surface area contributed by atoms with E-state index in [0.29, 0.717) is 29.8 Å². The van der Waals surface area contributed by atoms with Gasteiger partial charge in [-0.25, -0.2) is 9.78 Å². The summed E-state index contributed by atoms with van der Waals surface area (Å²) in [5, 5.41) is 22.3. The average molecular weight is 620 g/mol. The lowest BCUT2D eigenvalue weighted by Crippen LogP contribution is -2.56. The maximum atomic E-state index is 13.4. The van der Waals surface area contributed by atoms with Crippen molar-refractivity contribution in [3.63, 3.8) is 0 Å². The number of piperazine rings is 1. The van der Waals surface area contributed by atoms with Crippen molar-refractivity contribution >= 4 is 46.8 Å². The molecule has 0 spiro atoms. The number of halogens is 2. The number of fused-ring (bicyclic) bond motifs is 1. The van der Waals surface area contributed by atoms with Gasteiger partial charge >= 0.3 is 17.7 Å². The first-order valence-corrected chi connectivity index (χ1v) is 14.3. The fourth-order valence-corrected chi connectivity index (χ4v) is 6.24. The highest BCUT2D eigenvalue weighted by Crippen LogP contribution is 2.45. The van der Waals surface area contributed by atoms with Crippen LogP contribution in [0.5, 0.6) is 0 Å². The lowest BCUT2D eigenvalue weighted by molar-refractivity contribution is -0.385. The summed E-state index contributed by atoms with van der Waals surface area (Å²) >= 11 is 12.8. The molecule has 1 aliphatic heterocycles. The lowest BCUT2D eigenvalue weighted by atomic mass is 9.67. The molecule has 12 nitrogen and oxygen atoms in total. The molecule has 0 saturated carbocycles. The molecule has 1 amide bonds. The van der Waals surface area contributed by atoms with Crippen LogP contribution in [0.15, 0.2) is 18.2 Å². The van der Waals surface area contributed by atoms with Crippen molar-refractivity contribution in [3.05, 3.63) is 55.4 Å². The summed E-state index contributed by atoms with van der Waals surface area (Å²) in [5.41, 5.74) is -1.03. The molecular formula is C28H32Cl2N6O6. The molecule has 2 atom stereocenters. The molecule has 4 rings (SSSR count). The zero-order valence-corrected chi connectivity index (χ0v) is 25.4. The van der Waals surface area contributed by atoms with Gasteiger partial charge in [0.25, 0.3) is 0 Å². The number of hydrogen-bond donors (Lipinski definition) is 0. The molecule has 2 heterocycles. The second-order valence-corrected chi connectivity index (χ2v) is 12.1. The van der Waals surface area contributed by atoms with Crippen LogP contribution in [0.3, 0.4) is 0 Å². The topological polar surface area (TPSA) is 152 Å². The van der Waals surface area contributed by atoms with Crippen LogP contribution in [0, 0.1) is 21.4 Å². The van der Waals surface area contributed by atoms with Gasteiger partial charge in [0.05, 0.1) is 36.0 Å². The maximum Gasteiger partial charge on any atom is 0.410 e. The fraction of sp³-hybridized carbons (Fsp3) is 0.536. The number of hydrogen-bond acceptors (Lipinski definition) is 10. The number of ether oxygens (including phenoxy) is 2. The zero-order valence-electron chi connectivity index (χ0n) is 23.9. The van der Waals surface area contributed by atoms with E-state index >= 15 is 0 Å². The summed E-state index contributed by atoms with van der Waals surface area (Å²) in [4.78, 5) is 49.9. The number of carbonyl (C=O) groups excluding carboxylic acids is 2. The largest absolute Gasteiger partial charge is 0.468 e. The number of nitro groups is 1. The smallest absolute Gasteiger partial charge is 0.410 e. The summed E-state index contributed by atoms with van der Waals surface area (Å²) in [7, 11) is 1.27. The highest BCUT2D eigenvalue weighted by atomic mass is 35.5. The van der Waals surface area contributed by atoms with Crippen LogP contribution < -0.4 is 4.90 Å². The van der Waals surface area contributed by atoms with E-state index in [4.69, 9.17) is 32.7 Å². The number of rotatable bonds is 6. The third-order valence-corrected chi connectivity index (χ3v) is 8.06. The van der Waals surface area contributed by atoms with E-state index in [2.05, 4.69) is 16.0 Å². The predicted octanol–water partition coefficient (Wildman–Crippen LogP) is 5.02. The van der Waals surface area contributed by atoms with Gasteiger partial charge in [-0.2, -0.15) is 10.2 Å². The van der Waals surface area contributed by atoms with E-state index < -0.39 is 39.7 Å². The summed E-state index contributed by atoms with van der Waals surface area (Å²) < 4.78 is 10.7. The Morgan fingerprint density at radius 1 is 1.26 bits per heavy atom. The number of carbonyl (C=O) groups is 2. The Kier molecular flexibility index (Phi) is 9.13. The molecule has 0 radical (unpaired) electrons. The van der Waals surface area contributed by atoms with Crippen LogP contribution >= 0.6 is 23.2 Å². The van der Waals surface area contributed by atoms with Crippen molar-refractivity contribution in [2.24, 2.45) is 0 Å². The second-order valence-electron chi connectivity index (χ2n) is 11.4. The van der Waals surface area contributed by atoms with Gasteiger partial charge in [-0.05, 0) is 68.8 Å². The van der Waals surface area contributed by atoms with Crippen LogP contribution in [0.25, 0.3) is 0 Å². The Bertz CT molecular complexity index is 1440. The highest BCUT2D eigenvalue weighted by molar-refractivity contribution is 6.31. The van der Waals surface area contributed by atoms with Gasteiger partial charge in [-0.1, -0.05) is 23.7 Å². The number of esters is 1. The summed E-state index contributed by atoms with van der Waals surface area (Å²) in [6.45, 7) is 5.60. The van der Waals surface area contributed by atoms with Gasteiger partial charge in [0.15, 0.2) is 0 Å². The minimum atomic E-state index is -1.29. The molecule has 1 aromatic heterocycles. The minimum Gasteiger partial charge on any atom is -0.468 e. The third kappa shape index (κ3) is 6.22. The standard InChI is InChI=1S/C28H32Cl2N6O6/c1-27(2,3)42-26(38)35-14-13-34(16-17(35)10-12-31)23-22(36(39)40)21(32-25(30)33-23)15-28(24(37)41-4)11-6-7-18-19(28)8-5-9-20(18)29/h5,8-9,17H,6-7,10-11,13-16H2,1-4H3/t17-,28?/m0/s1. The Morgan fingerprint density at radius 2 is 2.00 bits per heavy atom. The van der Waals surface area contributed by atoms with E-state index in [1.165, 1.54) is 12.0 Å². The molecule has 14 heteroatoms. The molecule has 224 valence electrons. The van der Waals surface area contributed by atoms with E-state index in [9.17, 15) is 25.0 Å². The van der Waals surface area contributed by atoms with E-state index in [1.807, 2.05) is 0 Å². The molecule has 2 aliphatic rings. The molecule has 1 fully saturated rings. The number of amides is 1. The highest BCUT2D eigenvalue weighted by Gasteiger charge is 2.48. The van der Waals surface area contributed by atoms with Gasteiger partial charge in [0.2, 0.25) is 11.1 Å². The molecule has 2 aromatic rings. The Balaban J connectivity index is 1.77.